The molecule has 1 amide bonds. The third-order valence-corrected chi connectivity index (χ3v) is 3.51. The largest absolute Gasteiger partial charge is 0.497 e. The van der Waals surface area contributed by atoms with Gasteiger partial charge in [0.15, 0.2) is 5.58 Å². The van der Waals surface area contributed by atoms with Gasteiger partial charge in [-0.2, -0.15) is 0 Å². The highest BCUT2D eigenvalue weighted by Gasteiger charge is 2.10. The van der Waals surface area contributed by atoms with Crippen molar-refractivity contribution in [2.24, 2.45) is 0 Å². The summed E-state index contributed by atoms with van der Waals surface area (Å²) in [6.45, 7) is 0.262. The van der Waals surface area contributed by atoms with Gasteiger partial charge in [-0.1, -0.05) is 12.1 Å². The molecule has 0 bridgehead atoms. The van der Waals surface area contributed by atoms with Crippen LogP contribution in [-0.4, -0.2) is 17.6 Å². The Morgan fingerprint density at radius 2 is 1.91 bits per heavy atom. The third kappa shape index (κ3) is 3.26. The number of rotatable bonds is 5. The van der Waals surface area contributed by atoms with E-state index in [2.05, 4.69) is 5.32 Å². The monoisotopic (exact) mass is 312 g/mol. The van der Waals surface area contributed by atoms with Gasteiger partial charge in [-0.15, -0.1) is 0 Å². The van der Waals surface area contributed by atoms with Gasteiger partial charge in [0.25, 0.3) is 0 Å². The number of amides is 1. The summed E-state index contributed by atoms with van der Waals surface area (Å²) in [5.74, 6) is 0.0928. The molecule has 118 valence electrons. The molecular weight excluding hydrogens is 296 g/mol. The third-order valence-electron chi connectivity index (χ3n) is 3.51. The van der Waals surface area contributed by atoms with E-state index in [1.54, 1.807) is 49.6 Å². The summed E-state index contributed by atoms with van der Waals surface area (Å²) in [6.07, 6.45) is 0.176. The van der Waals surface area contributed by atoms with E-state index in [1.807, 2.05) is 6.07 Å². The van der Waals surface area contributed by atoms with Gasteiger partial charge in [0.05, 0.1) is 12.6 Å². The minimum absolute atomic E-state index is 0.174. The molecule has 0 saturated carbocycles. The number of para-hydroxylation sites is 2. The first kappa shape index (κ1) is 14.9. The lowest BCUT2D eigenvalue weighted by molar-refractivity contribution is -0.116. The number of ether oxygens (including phenoxy) is 1. The molecule has 6 nitrogen and oxygen atoms in total. The van der Waals surface area contributed by atoms with E-state index >= 15 is 0 Å². The minimum atomic E-state index is -0.455. The van der Waals surface area contributed by atoms with E-state index in [9.17, 15) is 9.59 Å². The highest BCUT2D eigenvalue weighted by Crippen LogP contribution is 2.16. The number of anilines is 1. The quantitative estimate of drug-likeness (QED) is 0.786. The molecule has 1 heterocycles. The molecule has 23 heavy (non-hydrogen) atoms. The number of hydrogen-bond donors (Lipinski definition) is 1. The van der Waals surface area contributed by atoms with Crippen molar-refractivity contribution in [3.05, 3.63) is 59.1 Å². The molecule has 0 aliphatic heterocycles. The molecule has 0 aliphatic carbocycles. The number of carbonyl (C=O) groups is 1. The first-order valence-corrected chi connectivity index (χ1v) is 7.19. The summed E-state index contributed by atoms with van der Waals surface area (Å²) >= 11 is 0. The van der Waals surface area contributed by atoms with Crippen LogP contribution in [0.3, 0.4) is 0 Å². The summed E-state index contributed by atoms with van der Waals surface area (Å²) in [5, 5.41) is 2.78. The maximum absolute atomic E-state index is 12.0. The molecule has 2 aromatic carbocycles. The zero-order valence-corrected chi connectivity index (χ0v) is 12.6. The second kappa shape index (κ2) is 6.39. The smallest absolute Gasteiger partial charge is 0.419 e. The van der Waals surface area contributed by atoms with Crippen LogP contribution in [-0.2, 0) is 11.3 Å². The van der Waals surface area contributed by atoms with E-state index in [0.717, 1.165) is 5.75 Å². The Balaban J connectivity index is 1.66. The molecule has 0 spiro atoms. The SMILES string of the molecule is COc1ccc(NC(=O)CCn2c(=O)oc3ccccc32)cc1. The lowest BCUT2D eigenvalue weighted by atomic mass is 10.3. The van der Waals surface area contributed by atoms with Crippen molar-refractivity contribution in [2.75, 3.05) is 12.4 Å². The average Bonchev–Trinajstić information content (AvgIpc) is 2.89. The second-order valence-corrected chi connectivity index (χ2v) is 5.01. The van der Waals surface area contributed by atoms with Crippen molar-refractivity contribution in [1.29, 1.82) is 0 Å². The fourth-order valence-corrected chi connectivity index (χ4v) is 2.34. The van der Waals surface area contributed by atoms with Crippen LogP contribution in [0, 0.1) is 0 Å². The maximum Gasteiger partial charge on any atom is 0.419 e. The Kier molecular flexibility index (Phi) is 4.14. The van der Waals surface area contributed by atoms with Crippen LogP contribution in [0.1, 0.15) is 6.42 Å². The number of aryl methyl sites for hydroxylation is 1. The van der Waals surface area contributed by atoms with Gasteiger partial charge in [0, 0.05) is 18.7 Å². The van der Waals surface area contributed by atoms with Crippen molar-refractivity contribution >= 4 is 22.7 Å². The fraction of sp³-hybridized carbons (Fsp3) is 0.176. The molecule has 0 atom stereocenters. The van der Waals surface area contributed by atoms with Crippen LogP contribution in [0.15, 0.2) is 57.7 Å². The van der Waals surface area contributed by atoms with Gasteiger partial charge in [-0.3, -0.25) is 9.36 Å². The van der Waals surface area contributed by atoms with Gasteiger partial charge < -0.3 is 14.5 Å². The van der Waals surface area contributed by atoms with Crippen molar-refractivity contribution in [3.8, 4) is 5.75 Å². The number of nitrogens with zero attached hydrogens (tertiary/aromatic N) is 1. The zero-order chi connectivity index (χ0) is 16.2. The summed E-state index contributed by atoms with van der Waals surface area (Å²) in [5.41, 5.74) is 1.89. The van der Waals surface area contributed by atoms with Crippen LogP contribution in [0.2, 0.25) is 0 Å². The van der Waals surface area contributed by atoms with Gasteiger partial charge in [-0.05, 0) is 36.4 Å². The highest BCUT2D eigenvalue weighted by atomic mass is 16.5. The maximum atomic E-state index is 12.0. The Bertz CT molecular complexity index is 877. The molecule has 3 aromatic rings. The summed E-state index contributed by atoms with van der Waals surface area (Å²) in [4.78, 5) is 23.9. The Morgan fingerprint density at radius 3 is 2.65 bits per heavy atom. The number of hydrogen-bond acceptors (Lipinski definition) is 4. The normalized spacial score (nSPS) is 10.7. The molecule has 0 saturated heterocycles. The number of oxazole rings is 1. The molecule has 0 radical (unpaired) electrons. The second-order valence-electron chi connectivity index (χ2n) is 5.01. The number of fused-ring (bicyclic) bond motifs is 1. The summed E-state index contributed by atoms with van der Waals surface area (Å²) in [6, 6.07) is 14.2. The van der Waals surface area contributed by atoms with Gasteiger partial charge in [0.2, 0.25) is 5.91 Å². The first-order valence-electron chi connectivity index (χ1n) is 7.19. The predicted molar refractivity (Wildman–Crippen MR) is 86.7 cm³/mol. The minimum Gasteiger partial charge on any atom is -0.497 e. The van der Waals surface area contributed by atoms with Gasteiger partial charge >= 0.3 is 5.76 Å². The van der Waals surface area contributed by atoms with E-state index in [0.29, 0.717) is 16.8 Å². The van der Waals surface area contributed by atoms with Crippen LogP contribution in [0.25, 0.3) is 11.1 Å². The van der Waals surface area contributed by atoms with Crippen LogP contribution >= 0.6 is 0 Å². The van der Waals surface area contributed by atoms with Crippen molar-refractivity contribution < 1.29 is 13.9 Å². The van der Waals surface area contributed by atoms with E-state index in [-0.39, 0.29) is 18.9 Å². The number of methoxy groups -OCH3 is 1. The van der Waals surface area contributed by atoms with Crippen molar-refractivity contribution in [3.63, 3.8) is 0 Å². The van der Waals surface area contributed by atoms with Gasteiger partial charge in [-0.25, -0.2) is 4.79 Å². The Hall–Kier alpha value is -3.02. The Labute approximate surface area is 132 Å². The van der Waals surface area contributed by atoms with Crippen LogP contribution in [0.4, 0.5) is 5.69 Å². The molecular formula is C17H16N2O4. The first-order chi connectivity index (χ1) is 11.2. The fourth-order valence-electron chi connectivity index (χ4n) is 2.34. The van der Waals surface area contributed by atoms with E-state index in [1.165, 1.54) is 4.57 Å². The lowest BCUT2D eigenvalue weighted by Crippen LogP contribution is -2.19. The molecule has 0 aliphatic rings. The molecule has 3 rings (SSSR count). The zero-order valence-electron chi connectivity index (χ0n) is 12.6. The topological polar surface area (TPSA) is 73.5 Å². The molecule has 1 aromatic heterocycles. The number of carbonyl (C=O) groups excluding carboxylic acids is 1. The van der Waals surface area contributed by atoms with Crippen LogP contribution in [0.5, 0.6) is 5.75 Å². The Morgan fingerprint density at radius 1 is 1.17 bits per heavy atom. The number of aromatic nitrogens is 1. The van der Waals surface area contributed by atoms with Crippen LogP contribution < -0.4 is 15.8 Å². The predicted octanol–water partition coefficient (Wildman–Crippen LogP) is 2.63. The number of benzene rings is 2. The van der Waals surface area contributed by atoms with Crippen molar-refractivity contribution in [2.45, 2.75) is 13.0 Å². The number of nitrogens with one attached hydrogen (secondary N) is 1. The molecule has 6 heteroatoms. The molecule has 0 fully saturated rings. The molecule has 0 unspecified atom stereocenters. The van der Waals surface area contributed by atoms with Gasteiger partial charge in [0.1, 0.15) is 5.75 Å². The average molecular weight is 312 g/mol. The van der Waals surface area contributed by atoms with Crippen molar-refractivity contribution in [1.82, 2.24) is 4.57 Å². The lowest BCUT2D eigenvalue weighted by Gasteiger charge is -2.06. The van der Waals surface area contributed by atoms with E-state index in [4.69, 9.17) is 9.15 Å². The summed E-state index contributed by atoms with van der Waals surface area (Å²) < 4.78 is 11.7. The molecule has 1 N–H and O–H groups in total. The summed E-state index contributed by atoms with van der Waals surface area (Å²) in [7, 11) is 1.58. The highest BCUT2D eigenvalue weighted by molar-refractivity contribution is 5.90. The van der Waals surface area contributed by atoms with E-state index < -0.39 is 5.76 Å². The standard InChI is InChI=1S/C17H16N2O4/c1-22-13-8-6-12(7-9-13)18-16(20)10-11-19-14-4-2-3-5-15(14)23-17(19)21/h2-9H,10-11H2,1H3,(H,18,20).